The lowest BCUT2D eigenvalue weighted by Gasteiger charge is -2.37. The Morgan fingerprint density at radius 1 is 1.27 bits per heavy atom. The van der Waals surface area contributed by atoms with Crippen LogP contribution in [0.1, 0.15) is 30.0 Å². The number of hydrogen-bond acceptors (Lipinski definition) is 4. The summed E-state index contributed by atoms with van der Waals surface area (Å²) >= 11 is 0. The zero-order chi connectivity index (χ0) is 15.7. The molecule has 1 aliphatic heterocycles. The number of carbonyl (C=O) groups excluding carboxylic acids is 1. The summed E-state index contributed by atoms with van der Waals surface area (Å²) in [6, 6.07) is 8.10. The van der Waals surface area contributed by atoms with Crippen molar-refractivity contribution < 1.29 is 4.79 Å². The van der Waals surface area contributed by atoms with Crippen LogP contribution >= 0.6 is 0 Å². The number of para-hydroxylation sites is 2. The van der Waals surface area contributed by atoms with Gasteiger partial charge in [0, 0.05) is 18.8 Å². The van der Waals surface area contributed by atoms with Crippen molar-refractivity contribution in [2.45, 2.75) is 26.8 Å². The maximum atomic E-state index is 12.8. The number of anilines is 2. The van der Waals surface area contributed by atoms with Gasteiger partial charge in [-0.2, -0.15) is 0 Å². The van der Waals surface area contributed by atoms with Crippen molar-refractivity contribution in [1.29, 1.82) is 0 Å². The van der Waals surface area contributed by atoms with Gasteiger partial charge in [0.2, 0.25) is 0 Å². The van der Waals surface area contributed by atoms with Crippen LogP contribution in [0.25, 0.3) is 0 Å². The van der Waals surface area contributed by atoms with Crippen molar-refractivity contribution >= 4 is 17.3 Å². The largest absolute Gasteiger partial charge is 0.379 e. The summed E-state index contributed by atoms with van der Waals surface area (Å²) in [6.07, 6.45) is 3.17. The topological polar surface area (TPSA) is 58.1 Å². The normalized spacial score (nSPS) is 17.1. The third-order valence-electron chi connectivity index (χ3n) is 3.96. The van der Waals surface area contributed by atoms with E-state index in [9.17, 15) is 4.79 Å². The highest BCUT2D eigenvalue weighted by atomic mass is 16.2. The van der Waals surface area contributed by atoms with Crippen molar-refractivity contribution in [3.8, 4) is 0 Å². The highest BCUT2D eigenvalue weighted by molar-refractivity contribution is 6.07. The van der Waals surface area contributed by atoms with Crippen LogP contribution in [0.4, 0.5) is 11.4 Å². The first-order chi connectivity index (χ1) is 10.6. The molecule has 1 amide bonds. The molecule has 1 aromatic carbocycles. The van der Waals surface area contributed by atoms with E-state index in [1.54, 1.807) is 17.3 Å². The van der Waals surface area contributed by atoms with Gasteiger partial charge in [0.05, 0.1) is 23.3 Å². The van der Waals surface area contributed by atoms with E-state index < -0.39 is 0 Å². The monoisotopic (exact) mass is 296 g/mol. The summed E-state index contributed by atoms with van der Waals surface area (Å²) in [6.45, 7) is 6.79. The molecule has 22 heavy (non-hydrogen) atoms. The van der Waals surface area contributed by atoms with Crippen molar-refractivity contribution in [2.75, 3.05) is 16.8 Å². The first-order valence-electron chi connectivity index (χ1n) is 7.52. The molecule has 0 bridgehead atoms. The maximum Gasteiger partial charge on any atom is 0.278 e. The van der Waals surface area contributed by atoms with Gasteiger partial charge in [0.15, 0.2) is 0 Å². The van der Waals surface area contributed by atoms with Gasteiger partial charge in [-0.3, -0.25) is 9.78 Å². The molecule has 1 unspecified atom stereocenters. The molecule has 5 heteroatoms. The van der Waals surface area contributed by atoms with Crippen LogP contribution in [0.3, 0.4) is 0 Å². The van der Waals surface area contributed by atoms with Crippen LogP contribution < -0.4 is 10.2 Å². The number of nitrogens with zero attached hydrogens (tertiary/aromatic N) is 3. The van der Waals surface area contributed by atoms with E-state index in [0.29, 0.717) is 18.2 Å². The zero-order valence-corrected chi connectivity index (χ0v) is 13.1. The van der Waals surface area contributed by atoms with Crippen LogP contribution in [-0.2, 0) is 0 Å². The lowest BCUT2D eigenvalue weighted by atomic mass is 9.99. The maximum absolute atomic E-state index is 12.8. The second-order valence-corrected chi connectivity index (χ2v) is 5.97. The van der Waals surface area contributed by atoms with Crippen molar-refractivity contribution in [1.82, 2.24) is 9.97 Å². The third kappa shape index (κ3) is 2.66. The molecule has 1 atom stereocenters. The van der Waals surface area contributed by atoms with E-state index in [2.05, 4.69) is 29.1 Å². The molecule has 0 spiro atoms. The van der Waals surface area contributed by atoms with E-state index in [-0.39, 0.29) is 11.9 Å². The number of carbonyl (C=O) groups is 1. The molecule has 2 heterocycles. The van der Waals surface area contributed by atoms with Crippen LogP contribution in [-0.4, -0.2) is 28.5 Å². The van der Waals surface area contributed by atoms with Gasteiger partial charge >= 0.3 is 0 Å². The number of hydrogen-bond donors (Lipinski definition) is 1. The van der Waals surface area contributed by atoms with Gasteiger partial charge in [0.1, 0.15) is 5.69 Å². The molecular formula is C17H20N4O. The van der Waals surface area contributed by atoms with Crippen molar-refractivity contribution in [3.63, 3.8) is 0 Å². The summed E-state index contributed by atoms with van der Waals surface area (Å²) in [5.41, 5.74) is 3.06. The molecule has 0 saturated heterocycles. The van der Waals surface area contributed by atoms with E-state index in [0.717, 1.165) is 17.1 Å². The Bertz CT molecular complexity index is 681. The Hall–Kier alpha value is -2.43. The molecule has 3 rings (SSSR count). The van der Waals surface area contributed by atoms with Gasteiger partial charge in [0.25, 0.3) is 5.91 Å². The van der Waals surface area contributed by atoms with Gasteiger partial charge in [-0.05, 0) is 25.0 Å². The van der Waals surface area contributed by atoms with Crippen LogP contribution in [0.5, 0.6) is 0 Å². The van der Waals surface area contributed by atoms with E-state index in [1.165, 1.54) is 0 Å². The lowest BCUT2D eigenvalue weighted by Crippen LogP contribution is -2.47. The first kappa shape index (κ1) is 14.5. The van der Waals surface area contributed by atoms with Gasteiger partial charge < -0.3 is 10.2 Å². The summed E-state index contributed by atoms with van der Waals surface area (Å²) in [4.78, 5) is 23.0. The average molecular weight is 296 g/mol. The molecule has 114 valence electrons. The number of aryl methyl sites for hydroxylation is 1. The Balaban J connectivity index is 1.97. The second-order valence-electron chi connectivity index (χ2n) is 5.97. The Kier molecular flexibility index (Phi) is 3.79. The van der Waals surface area contributed by atoms with Crippen LogP contribution in [0.2, 0.25) is 0 Å². The molecule has 0 saturated carbocycles. The highest BCUT2D eigenvalue weighted by Crippen LogP contribution is 2.32. The molecule has 1 aromatic heterocycles. The summed E-state index contributed by atoms with van der Waals surface area (Å²) < 4.78 is 0. The summed E-state index contributed by atoms with van der Waals surface area (Å²) in [5.74, 6) is 0.319. The van der Waals surface area contributed by atoms with Gasteiger partial charge in [-0.1, -0.05) is 26.0 Å². The fourth-order valence-electron chi connectivity index (χ4n) is 2.58. The molecule has 0 aliphatic carbocycles. The lowest BCUT2D eigenvalue weighted by molar-refractivity contribution is 0.0978. The zero-order valence-electron chi connectivity index (χ0n) is 13.1. The Morgan fingerprint density at radius 2 is 2.05 bits per heavy atom. The Morgan fingerprint density at radius 3 is 2.73 bits per heavy atom. The van der Waals surface area contributed by atoms with Gasteiger partial charge in [-0.15, -0.1) is 0 Å². The SMILES string of the molecule is Cc1cnc(C(=O)N2CC(C(C)C)Nc3ccccc32)cn1. The molecule has 1 aliphatic rings. The quantitative estimate of drug-likeness (QED) is 0.925. The molecule has 2 aromatic rings. The van der Waals surface area contributed by atoms with Crippen LogP contribution in [0.15, 0.2) is 36.7 Å². The number of benzene rings is 1. The number of rotatable bonds is 2. The minimum atomic E-state index is -0.105. The summed E-state index contributed by atoms with van der Waals surface area (Å²) in [7, 11) is 0. The van der Waals surface area contributed by atoms with E-state index in [1.807, 2.05) is 31.2 Å². The van der Waals surface area contributed by atoms with E-state index >= 15 is 0 Å². The van der Waals surface area contributed by atoms with Crippen molar-refractivity contribution in [3.05, 3.63) is 48.0 Å². The minimum absolute atomic E-state index is 0.105. The Labute approximate surface area is 130 Å². The predicted molar refractivity (Wildman–Crippen MR) is 87.1 cm³/mol. The number of nitrogens with one attached hydrogen (secondary N) is 1. The highest BCUT2D eigenvalue weighted by Gasteiger charge is 2.30. The second kappa shape index (κ2) is 5.75. The molecular weight excluding hydrogens is 276 g/mol. The van der Waals surface area contributed by atoms with Crippen LogP contribution in [0, 0.1) is 12.8 Å². The smallest absolute Gasteiger partial charge is 0.278 e. The average Bonchev–Trinajstić information content (AvgIpc) is 2.53. The van der Waals surface area contributed by atoms with Gasteiger partial charge in [-0.25, -0.2) is 4.98 Å². The fourth-order valence-corrected chi connectivity index (χ4v) is 2.58. The minimum Gasteiger partial charge on any atom is -0.379 e. The van der Waals surface area contributed by atoms with E-state index in [4.69, 9.17) is 0 Å². The third-order valence-corrected chi connectivity index (χ3v) is 3.96. The molecule has 0 fully saturated rings. The number of aromatic nitrogens is 2. The number of fused-ring (bicyclic) bond motifs is 1. The molecule has 0 radical (unpaired) electrons. The predicted octanol–water partition coefficient (Wildman–Crippen LogP) is 2.88. The first-order valence-corrected chi connectivity index (χ1v) is 7.52. The summed E-state index contributed by atoms with van der Waals surface area (Å²) in [5, 5.41) is 3.51. The molecule has 1 N–H and O–H groups in total. The number of amides is 1. The molecule has 5 nitrogen and oxygen atoms in total. The van der Waals surface area contributed by atoms with Crippen molar-refractivity contribution in [2.24, 2.45) is 5.92 Å². The standard InChI is InChI=1S/C17H20N4O/c1-11(2)15-10-21(16-7-5-4-6-13(16)20-15)17(22)14-9-18-12(3)8-19-14/h4-9,11,15,20H,10H2,1-3H3. The fraction of sp³-hybridized carbons (Fsp3) is 0.353.